The van der Waals surface area contributed by atoms with Crippen molar-refractivity contribution in [3.8, 4) is 0 Å². The van der Waals surface area contributed by atoms with Gasteiger partial charge in [0.1, 0.15) is 6.04 Å². The minimum Gasteiger partial charge on any atom is -0.361 e. The minimum atomic E-state index is -0.763. The van der Waals surface area contributed by atoms with Gasteiger partial charge in [-0.2, -0.15) is 0 Å². The lowest BCUT2D eigenvalue weighted by atomic mass is 10.0. The Morgan fingerprint density at radius 2 is 1.85 bits per heavy atom. The van der Waals surface area contributed by atoms with Gasteiger partial charge in [0.15, 0.2) is 0 Å². The lowest BCUT2D eigenvalue weighted by Crippen LogP contribution is -2.47. The van der Waals surface area contributed by atoms with Crippen molar-refractivity contribution >= 4 is 40.0 Å². The van der Waals surface area contributed by atoms with E-state index in [2.05, 4.69) is 20.9 Å². The molecule has 0 fully saturated rings. The third-order valence-corrected chi connectivity index (χ3v) is 6.22. The van der Waals surface area contributed by atoms with Crippen LogP contribution in [0.4, 0.5) is 0 Å². The molecule has 0 saturated carbocycles. The molecule has 3 amide bonds. The summed E-state index contributed by atoms with van der Waals surface area (Å²) in [6, 6.07) is 17.7. The summed E-state index contributed by atoms with van der Waals surface area (Å²) in [6.45, 7) is 0.239. The Bertz CT molecular complexity index is 1280. The molecule has 2 heterocycles. The second-order valence-electron chi connectivity index (χ2n) is 7.56. The number of fused-ring (bicyclic) bond motifs is 1. The zero-order chi connectivity index (χ0) is 23.2. The average molecular weight is 461 g/mol. The molecule has 0 aliphatic heterocycles. The van der Waals surface area contributed by atoms with Crippen LogP contribution in [0.5, 0.6) is 0 Å². The minimum absolute atomic E-state index is 0.191. The first-order chi connectivity index (χ1) is 16.0. The van der Waals surface area contributed by atoms with Gasteiger partial charge in [0, 0.05) is 42.7 Å². The fourth-order valence-electron chi connectivity index (χ4n) is 3.65. The zero-order valence-corrected chi connectivity index (χ0v) is 18.9. The number of H-pyrrole nitrogens is 1. The number of hydrogen-bond acceptors (Lipinski definition) is 4. The van der Waals surface area contributed by atoms with Crippen LogP contribution in [0.1, 0.15) is 31.2 Å². The molecule has 0 aliphatic rings. The second kappa shape index (κ2) is 10.1. The van der Waals surface area contributed by atoms with Crippen molar-refractivity contribution in [2.24, 2.45) is 0 Å². The first kappa shape index (κ1) is 22.3. The number of carbonyl (C=O) groups is 3. The zero-order valence-electron chi connectivity index (χ0n) is 18.1. The number of amides is 3. The summed E-state index contributed by atoms with van der Waals surface area (Å²) in [5.41, 5.74) is 3.23. The number of carbonyl (C=O) groups excluding carboxylic acids is 3. The van der Waals surface area contributed by atoms with Crippen LogP contribution in [-0.4, -0.2) is 35.8 Å². The fourth-order valence-corrected chi connectivity index (χ4v) is 4.27. The summed E-state index contributed by atoms with van der Waals surface area (Å²) in [7, 11) is 1.57. The van der Waals surface area contributed by atoms with Gasteiger partial charge in [-0.3, -0.25) is 14.4 Å². The van der Waals surface area contributed by atoms with E-state index in [1.807, 2.05) is 41.9 Å². The first-order valence-corrected chi connectivity index (χ1v) is 11.4. The normalized spacial score (nSPS) is 11.7. The van der Waals surface area contributed by atoms with Gasteiger partial charge < -0.3 is 20.9 Å². The Labute approximate surface area is 195 Å². The summed E-state index contributed by atoms with van der Waals surface area (Å²) in [5, 5.41) is 11.2. The van der Waals surface area contributed by atoms with Crippen LogP contribution < -0.4 is 16.0 Å². The van der Waals surface area contributed by atoms with Crippen LogP contribution in [0.15, 0.2) is 72.2 Å². The highest BCUT2D eigenvalue weighted by Crippen LogP contribution is 2.20. The molecule has 4 N–H and O–H groups in total. The summed E-state index contributed by atoms with van der Waals surface area (Å²) in [4.78, 5) is 41.5. The molecule has 0 spiro atoms. The molecule has 33 heavy (non-hydrogen) atoms. The Morgan fingerprint density at radius 3 is 2.64 bits per heavy atom. The number of aromatic nitrogens is 1. The number of aromatic amines is 1. The molecule has 1 unspecified atom stereocenters. The molecule has 7 nitrogen and oxygen atoms in total. The molecule has 2 aromatic carbocycles. The lowest BCUT2D eigenvalue weighted by molar-refractivity contribution is -0.123. The quantitative estimate of drug-likeness (QED) is 0.325. The Kier molecular flexibility index (Phi) is 6.85. The van der Waals surface area contributed by atoms with Crippen molar-refractivity contribution in [2.45, 2.75) is 19.0 Å². The largest absolute Gasteiger partial charge is 0.361 e. The van der Waals surface area contributed by atoms with Crippen LogP contribution in [0, 0.1) is 0 Å². The van der Waals surface area contributed by atoms with Crippen molar-refractivity contribution < 1.29 is 14.4 Å². The van der Waals surface area contributed by atoms with E-state index in [1.54, 1.807) is 37.4 Å². The van der Waals surface area contributed by atoms with E-state index in [0.717, 1.165) is 22.0 Å². The van der Waals surface area contributed by atoms with Crippen molar-refractivity contribution in [3.05, 3.63) is 93.8 Å². The number of rotatable bonds is 8. The molecule has 0 saturated heterocycles. The molecule has 4 aromatic rings. The van der Waals surface area contributed by atoms with Crippen LogP contribution in [-0.2, 0) is 17.8 Å². The highest BCUT2D eigenvalue weighted by Gasteiger charge is 2.23. The second-order valence-corrected chi connectivity index (χ2v) is 8.51. The molecule has 4 rings (SSSR count). The van der Waals surface area contributed by atoms with Crippen molar-refractivity contribution in [2.75, 3.05) is 7.05 Å². The average Bonchev–Trinajstić information content (AvgIpc) is 3.52. The van der Waals surface area contributed by atoms with Crippen LogP contribution in [0.3, 0.4) is 0 Å². The summed E-state index contributed by atoms with van der Waals surface area (Å²) >= 11 is 1.32. The van der Waals surface area contributed by atoms with E-state index in [4.69, 9.17) is 0 Å². The molecule has 0 aliphatic carbocycles. The molecule has 0 radical (unpaired) electrons. The van der Waals surface area contributed by atoms with Gasteiger partial charge >= 0.3 is 0 Å². The van der Waals surface area contributed by atoms with Gasteiger partial charge in [-0.1, -0.05) is 36.4 Å². The van der Waals surface area contributed by atoms with Gasteiger partial charge in [0.2, 0.25) is 5.91 Å². The maximum absolute atomic E-state index is 13.1. The third kappa shape index (κ3) is 5.30. The number of para-hydroxylation sites is 1. The highest BCUT2D eigenvalue weighted by molar-refractivity contribution is 7.12. The summed E-state index contributed by atoms with van der Waals surface area (Å²) in [6.07, 6.45) is 2.21. The van der Waals surface area contributed by atoms with E-state index in [1.165, 1.54) is 11.3 Å². The van der Waals surface area contributed by atoms with Gasteiger partial charge in [0.25, 0.3) is 11.8 Å². The Hall–Kier alpha value is -3.91. The third-order valence-electron chi connectivity index (χ3n) is 5.35. The SMILES string of the molecule is CNC(=O)c1cccc(CNC(=O)C(Cc2c[nH]c3ccccc23)NC(=O)c2cccs2)c1. The predicted octanol–water partition coefficient (Wildman–Crippen LogP) is 3.25. The van der Waals surface area contributed by atoms with Crippen molar-refractivity contribution in [3.63, 3.8) is 0 Å². The van der Waals surface area contributed by atoms with E-state index >= 15 is 0 Å². The van der Waals surface area contributed by atoms with Gasteiger partial charge in [0.05, 0.1) is 4.88 Å². The molecule has 168 valence electrons. The predicted molar refractivity (Wildman–Crippen MR) is 129 cm³/mol. The number of benzene rings is 2. The fraction of sp³-hybridized carbons (Fsp3) is 0.160. The van der Waals surface area contributed by atoms with Crippen molar-refractivity contribution in [1.29, 1.82) is 0 Å². The van der Waals surface area contributed by atoms with Gasteiger partial charge in [-0.05, 0) is 40.8 Å². The van der Waals surface area contributed by atoms with E-state index in [0.29, 0.717) is 16.9 Å². The molecule has 0 bridgehead atoms. The van der Waals surface area contributed by atoms with Crippen LogP contribution in [0.25, 0.3) is 10.9 Å². The number of nitrogens with one attached hydrogen (secondary N) is 4. The summed E-state index contributed by atoms with van der Waals surface area (Å²) < 4.78 is 0. The molecule has 8 heteroatoms. The van der Waals surface area contributed by atoms with E-state index in [-0.39, 0.29) is 24.3 Å². The molecular weight excluding hydrogens is 436 g/mol. The topological polar surface area (TPSA) is 103 Å². The number of hydrogen-bond donors (Lipinski definition) is 4. The van der Waals surface area contributed by atoms with E-state index < -0.39 is 6.04 Å². The number of thiophene rings is 1. The maximum Gasteiger partial charge on any atom is 0.262 e. The monoisotopic (exact) mass is 460 g/mol. The molecular formula is C25H24N4O3S. The van der Waals surface area contributed by atoms with E-state index in [9.17, 15) is 14.4 Å². The Morgan fingerprint density at radius 1 is 1.00 bits per heavy atom. The molecule has 1 atom stereocenters. The Balaban J connectivity index is 1.51. The van der Waals surface area contributed by atoms with Crippen molar-refractivity contribution in [1.82, 2.24) is 20.9 Å². The van der Waals surface area contributed by atoms with Gasteiger partial charge in [-0.25, -0.2) is 0 Å². The first-order valence-electron chi connectivity index (χ1n) is 10.5. The lowest BCUT2D eigenvalue weighted by Gasteiger charge is -2.18. The van der Waals surface area contributed by atoms with Crippen LogP contribution >= 0.6 is 11.3 Å². The standard InChI is InChI=1S/C25H24N4O3S/c1-26-23(30)17-7-4-6-16(12-17)14-28-24(31)21(29-25(32)22-10-5-11-33-22)13-18-15-27-20-9-3-2-8-19(18)20/h2-12,15,21,27H,13-14H2,1H3,(H,26,30)(H,28,31)(H,29,32). The molecule has 2 aromatic heterocycles. The van der Waals surface area contributed by atoms with Gasteiger partial charge in [-0.15, -0.1) is 11.3 Å². The van der Waals surface area contributed by atoms with Crippen LogP contribution in [0.2, 0.25) is 0 Å². The maximum atomic E-state index is 13.1. The summed E-state index contributed by atoms with van der Waals surface area (Å²) in [5.74, 6) is -0.772. The smallest absolute Gasteiger partial charge is 0.262 e. The highest BCUT2D eigenvalue weighted by atomic mass is 32.1.